The maximum Gasteiger partial charge on any atom is 0.335 e. The first-order chi connectivity index (χ1) is 15.0. The average molecular weight is 477 g/mol. The summed E-state index contributed by atoms with van der Waals surface area (Å²) in [5.41, 5.74) is 1.90. The third-order valence-electron chi connectivity index (χ3n) is 6.29. The third kappa shape index (κ3) is 6.39. The molecule has 32 heavy (non-hydrogen) atoms. The van der Waals surface area contributed by atoms with Crippen molar-refractivity contribution in [2.24, 2.45) is 11.3 Å². The van der Waals surface area contributed by atoms with E-state index < -0.39 is 5.97 Å². The van der Waals surface area contributed by atoms with E-state index in [9.17, 15) is 9.59 Å². The summed E-state index contributed by atoms with van der Waals surface area (Å²) in [6.45, 7) is 7.21. The van der Waals surface area contributed by atoms with Gasteiger partial charge in [0.25, 0.3) is 0 Å². The van der Waals surface area contributed by atoms with Gasteiger partial charge in [-0.25, -0.2) is 9.59 Å². The summed E-state index contributed by atoms with van der Waals surface area (Å²) >= 11 is 12.2. The molecule has 3 rings (SSSR count). The number of hydrogen-bond acceptors (Lipinski definition) is 2. The molecule has 1 fully saturated rings. The van der Waals surface area contributed by atoms with Crippen LogP contribution in [0.15, 0.2) is 42.5 Å². The SMILES string of the molecule is CC(C)(C)C1CCC(N(Cc2ccc(C(=O)O)cc2)C(=O)Nc2cc(Cl)cc(Cl)c2)CC1. The second-order valence-corrected chi connectivity index (χ2v) is 10.5. The molecule has 0 aliphatic heterocycles. The zero-order valence-electron chi connectivity index (χ0n) is 18.7. The lowest BCUT2D eigenvalue weighted by Gasteiger charge is -2.41. The number of nitrogens with one attached hydrogen (secondary N) is 1. The Morgan fingerprint density at radius 2 is 1.56 bits per heavy atom. The predicted molar refractivity (Wildman–Crippen MR) is 130 cm³/mol. The summed E-state index contributed by atoms with van der Waals surface area (Å²) < 4.78 is 0. The highest BCUT2D eigenvalue weighted by atomic mass is 35.5. The van der Waals surface area contributed by atoms with Crippen LogP contribution in [-0.4, -0.2) is 28.0 Å². The number of carbonyl (C=O) groups is 2. The van der Waals surface area contributed by atoms with Crippen LogP contribution in [0.25, 0.3) is 0 Å². The average Bonchev–Trinajstić information content (AvgIpc) is 2.71. The molecular weight excluding hydrogens is 447 g/mol. The molecule has 5 nitrogen and oxygen atoms in total. The summed E-state index contributed by atoms with van der Waals surface area (Å²) in [4.78, 5) is 26.3. The van der Waals surface area contributed by atoms with Gasteiger partial charge in [0.15, 0.2) is 0 Å². The standard InChI is InChI=1S/C25H30Cl2N2O3/c1-25(2,3)18-8-10-22(11-9-18)29(15-16-4-6-17(7-5-16)23(30)31)24(32)28-21-13-19(26)12-20(27)14-21/h4-7,12-14,18,22H,8-11,15H2,1-3H3,(H,28,32)(H,30,31). The predicted octanol–water partition coefficient (Wildman–Crippen LogP) is 7.33. The molecule has 2 aromatic carbocycles. The van der Waals surface area contributed by atoms with Gasteiger partial charge in [-0.1, -0.05) is 56.1 Å². The van der Waals surface area contributed by atoms with Gasteiger partial charge in [-0.3, -0.25) is 0 Å². The summed E-state index contributed by atoms with van der Waals surface area (Å²) in [6.07, 6.45) is 4.00. The van der Waals surface area contributed by atoms with Crippen LogP contribution < -0.4 is 5.32 Å². The number of carboxylic acid groups (broad SMARTS) is 1. The number of carbonyl (C=O) groups excluding carboxylic acids is 1. The van der Waals surface area contributed by atoms with E-state index in [1.807, 2.05) is 4.90 Å². The highest BCUT2D eigenvalue weighted by Gasteiger charge is 2.33. The van der Waals surface area contributed by atoms with Crippen LogP contribution in [0.1, 0.15) is 62.4 Å². The normalized spacial score (nSPS) is 18.8. The van der Waals surface area contributed by atoms with Crippen LogP contribution in [0.4, 0.5) is 10.5 Å². The van der Waals surface area contributed by atoms with Crippen LogP contribution in [0.5, 0.6) is 0 Å². The van der Waals surface area contributed by atoms with Gasteiger partial charge in [0.05, 0.1) is 5.56 Å². The van der Waals surface area contributed by atoms with Crippen molar-refractivity contribution in [3.8, 4) is 0 Å². The molecule has 0 spiro atoms. The van der Waals surface area contributed by atoms with Crippen LogP contribution in [0, 0.1) is 11.3 Å². The monoisotopic (exact) mass is 476 g/mol. The van der Waals surface area contributed by atoms with Gasteiger partial charge >= 0.3 is 12.0 Å². The Labute approximate surface area is 199 Å². The molecule has 2 N–H and O–H groups in total. The van der Waals surface area contributed by atoms with Crippen molar-refractivity contribution in [3.63, 3.8) is 0 Å². The first-order valence-electron chi connectivity index (χ1n) is 10.9. The van der Waals surface area contributed by atoms with Crippen molar-refractivity contribution in [2.75, 3.05) is 5.32 Å². The third-order valence-corrected chi connectivity index (χ3v) is 6.73. The van der Waals surface area contributed by atoms with Crippen molar-refractivity contribution in [2.45, 2.75) is 59.0 Å². The zero-order chi connectivity index (χ0) is 23.5. The van der Waals surface area contributed by atoms with Gasteiger partial charge in [0.1, 0.15) is 0 Å². The number of halogens is 2. The van der Waals surface area contributed by atoms with E-state index in [-0.39, 0.29) is 23.1 Å². The Bertz CT molecular complexity index is 942. The molecule has 0 unspecified atom stereocenters. The molecule has 1 saturated carbocycles. The maximum absolute atomic E-state index is 13.3. The van der Waals surface area contributed by atoms with Crippen molar-refractivity contribution < 1.29 is 14.7 Å². The number of aromatic carboxylic acids is 1. The van der Waals surface area contributed by atoms with Gasteiger partial charge in [-0.15, -0.1) is 0 Å². The summed E-state index contributed by atoms with van der Waals surface area (Å²) in [5.74, 6) is -0.338. The number of amides is 2. The molecule has 0 bridgehead atoms. The summed E-state index contributed by atoms with van der Waals surface area (Å²) in [6, 6.07) is 11.5. The van der Waals surface area contributed by atoms with Crippen LogP contribution in [-0.2, 0) is 6.54 Å². The lowest BCUT2D eigenvalue weighted by Crippen LogP contribution is -2.45. The number of anilines is 1. The fraction of sp³-hybridized carbons (Fsp3) is 0.440. The van der Waals surface area contributed by atoms with Gasteiger partial charge < -0.3 is 15.3 Å². The quantitative estimate of drug-likeness (QED) is 0.474. The second-order valence-electron chi connectivity index (χ2n) is 9.59. The highest BCUT2D eigenvalue weighted by molar-refractivity contribution is 6.35. The zero-order valence-corrected chi connectivity index (χ0v) is 20.2. The first-order valence-corrected chi connectivity index (χ1v) is 11.6. The van der Waals surface area contributed by atoms with Crippen LogP contribution >= 0.6 is 23.2 Å². The molecule has 1 aliphatic rings. The second kappa shape index (κ2) is 10.1. The molecule has 7 heteroatoms. The maximum atomic E-state index is 13.3. The molecule has 0 heterocycles. The largest absolute Gasteiger partial charge is 0.478 e. The van der Waals surface area contributed by atoms with Gasteiger partial charge in [-0.2, -0.15) is 0 Å². The number of rotatable bonds is 5. The molecule has 2 amide bonds. The van der Waals surface area contributed by atoms with E-state index in [4.69, 9.17) is 28.3 Å². The van der Waals surface area contributed by atoms with E-state index in [0.717, 1.165) is 31.2 Å². The van der Waals surface area contributed by atoms with Gasteiger partial charge in [-0.05, 0) is 72.9 Å². The Hall–Kier alpha value is -2.24. The van der Waals surface area contributed by atoms with E-state index in [2.05, 4.69) is 26.1 Å². The Balaban J connectivity index is 1.80. The Morgan fingerprint density at radius 3 is 2.06 bits per heavy atom. The van der Waals surface area contributed by atoms with Crippen molar-refractivity contribution in [3.05, 3.63) is 63.6 Å². The van der Waals surface area contributed by atoms with Crippen molar-refractivity contribution in [1.82, 2.24) is 4.90 Å². The van der Waals surface area contributed by atoms with E-state index in [1.165, 1.54) is 0 Å². The van der Waals surface area contributed by atoms with Crippen molar-refractivity contribution >= 4 is 40.9 Å². The number of benzene rings is 2. The first kappa shape index (κ1) is 24.4. The van der Waals surface area contributed by atoms with Crippen LogP contribution in [0.3, 0.4) is 0 Å². The molecular formula is C25H30Cl2N2O3. The summed E-state index contributed by atoms with van der Waals surface area (Å²) in [5, 5.41) is 13.0. The van der Waals surface area contributed by atoms with Gasteiger partial charge in [0, 0.05) is 28.3 Å². The molecule has 0 saturated heterocycles. The van der Waals surface area contributed by atoms with E-state index in [1.54, 1.807) is 42.5 Å². The molecule has 2 aromatic rings. The Kier molecular flexibility index (Phi) is 7.73. The fourth-order valence-electron chi connectivity index (χ4n) is 4.39. The number of nitrogens with zero attached hydrogens (tertiary/aromatic N) is 1. The van der Waals surface area contributed by atoms with E-state index >= 15 is 0 Å². The van der Waals surface area contributed by atoms with Gasteiger partial charge in [0.2, 0.25) is 0 Å². The van der Waals surface area contributed by atoms with Crippen molar-refractivity contribution in [1.29, 1.82) is 0 Å². The molecule has 0 aromatic heterocycles. The molecule has 1 aliphatic carbocycles. The molecule has 172 valence electrons. The minimum Gasteiger partial charge on any atom is -0.478 e. The topological polar surface area (TPSA) is 69.6 Å². The van der Waals surface area contributed by atoms with Crippen LogP contribution in [0.2, 0.25) is 10.0 Å². The Morgan fingerprint density at radius 1 is 1.00 bits per heavy atom. The number of carboxylic acids is 1. The lowest BCUT2D eigenvalue weighted by atomic mass is 9.71. The number of urea groups is 1. The summed E-state index contributed by atoms with van der Waals surface area (Å²) in [7, 11) is 0. The molecule has 0 atom stereocenters. The minimum absolute atomic E-state index is 0.0995. The van der Waals surface area contributed by atoms with E-state index in [0.29, 0.717) is 28.2 Å². The highest BCUT2D eigenvalue weighted by Crippen LogP contribution is 2.39. The number of hydrogen-bond donors (Lipinski definition) is 2. The lowest BCUT2D eigenvalue weighted by molar-refractivity contribution is 0.0696. The molecule has 0 radical (unpaired) electrons. The fourth-order valence-corrected chi connectivity index (χ4v) is 4.92. The minimum atomic E-state index is -0.968. The smallest absolute Gasteiger partial charge is 0.335 e.